The third kappa shape index (κ3) is 2.02. The van der Waals surface area contributed by atoms with Crippen LogP contribution >= 0.6 is 0 Å². The minimum absolute atomic E-state index is 0.587. The van der Waals surface area contributed by atoms with Gasteiger partial charge in [0.15, 0.2) is 0 Å². The molecule has 2 aliphatic heterocycles. The second-order valence-electron chi connectivity index (χ2n) is 6.05. The van der Waals surface area contributed by atoms with Crippen LogP contribution in [0, 0.1) is 11.8 Å². The third-order valence-electron chi connectivity index (χ3n) is 5.10. The summed E-state index contributed by atoms with van der Waals surface area (Å²) in [4.78, 5) is 0. The van der Waals surface area contributed by atoms with E-state index in [1.54, 1.807) is 0 Å². The van der Waals surface area contributed by atoms with Crippen LogP contribution in [0.25, 0.3) is 0 Å². The van der Waals surface area contributed by atoms with Crippen molar-refractivity contribution in [2.24, 2.45) is 11.8 Å². The van der Waals surface area contributed by atoms with Gasteiger partial charge in [0.2, 0.25) is 0 Å². The lowest BCUT2D eigenvalue weighted by Gasteiger charge is -2.30. The smallest absolute Gasteiger partial charge is 0.0623 e. The van der Waals surface area contributed by atoms with E-state index < -0.39 is 0 Å². The largest absolute Gasteiger partial charge is 0.375 e. The Morgan fingerprint density at radius 3 is 2.56 bits per heavy atom. The van der Waals surface area contributed by atoms with Crippen molar-refractivity contribution in [2.75, 3.05) is 7.05 Å². The van der Waals surface area contributed by atoms with E-state index in [1.807, 2.05) is 0 Å². The minimum Gasteiger partial charge on any atom is -0.375 e. The van der Waals surface area contributed by atoms with Gasteiger partial charge in [0.1, 0.15) is 0 Å². The van der Waals surface area contributed by atoms with E-state index in [0.717, 1.165) is 17.9 Å². The van der Waals surface area contributed by atoms with Crippen molar-refractivity contribution in [1.29, 1.82) is 0 Å². The van der Waals surface area contributed by atoms with Gasteiger partial charge in [-0.05, 0) is 38.6 Å². The molecule has 1 saturated carbocycles. The molecule has 92 valence electrons. The van der Waals surface area contributed by atoms with Crippen LogP contribution in [-0.2, 0) is 4.74 Å². The monoisotopic (exact) mass is 223 g/mol. The summed E-state index contributed by atoms with van der Waals surface area (Å²) < 4.78 is 5.99. The molecule has 2 bridgehead atoms. The Labute approximate surface area is 99.1 Å². The quantitative estimate of drug-likeness (QED) is 0.791. The van der Waals surface area contributed by atoms with Crippen molar-refractivity contribution in [3.05, 3.63) is 0 Å². The Kier molecular flexibility index (Phi) is 3.21. The minimum atomic E-state index is 0.587. The molecule has 2 saturated heterocycles. The van der Waals surface area contributed by atoms with Crippen molar-refractivity contribution < 1.29 is 4.74 Å². The molecule has 3 aliphatic rings. The number of ether oxygens (including phenoxy) is 1. The Balaban J connectivity index is 1.57. The SMILES string of the molecule is CNC(CC1CCCC1)C1CC2CCC1O2. The van der Waals surface area contributed by atoms with Crippen molar-refractivity contribution in [1.82, 2.24) is 5.32 Å². The number of nitrogens with one attached hydrogen (secondary N) is 1. The molecule has 0 aromatic carbocycles. The van der Waals surface area contributed by atoms with E-state index >= 15 is 0 Å². The molecule has 0 amide bonds. The fourth-order valence-electron chi connectivity index (χ4n) is 4.21. The second-order valence-corrected chi connectivity index (χ2v) is 6.05. The molecule has 1 aliphatic carbocycles. The number of hydrogen-bond acceptors (Lipinski definition) is 2. The summed E-state index contributed by atoms with van der Waals surface area (Å²) in [6.45, 7) is 0. The lowest BCUT2D eigenvalue weighted by molar-refractivity contribution is 0.0841. The number of fused-ring (bicyclic) bond motifs is 2. The standard InChI is InChI=1S/C14H25NO/c1-15-13(8-10-4-2-3-5-10)12-9-11-6-7-14(12)16-11/h10-15H,2-9H2,1H3. The van der Waals surface area contributed by atoms with Gasteiger partial charge in [-0.3, -0.25) is 0 Å². The van der Waals surface area contributed by atoms with Gasteiger partial charge in [-0.25, -0.2) is 0 Å². The fraction of sp³-hybridized carbons (Fsp3) is 1.00. The third-order valence-corrected chi connectivity index (χ3v) is 5.10. The number of rotatable bonds is 4. The molecule has 2 nitrogen and oxygen atoms in total. The van der Waals surface area contributed by atoms with Crippen molar-refractivity contribution in [3.63, 3.8) is 0 Å². The summed E-state index contributed by atoms with van der Waals surface area (Å²) in [7, 11) is 2.14. The predicted octanol–water partition coefficient (Wildman–Crippen LogP) is 2.72. The Hall–Kier alpha value is -0.0800. The lowest BCUT2D eigenvalue weighted by atomic mass is 9.80. The Bertz CT molecular complexity index is 237. The van der Waals surface area contributed by atoms with Crippen LogP contribution < -0.4 is 5.32 Å². The van der Waals surface area contributed by atoms with Gasteiger partial charge in [0.25, 0.3) is 0 Å². The maximum Gasteiger partial charge on any atom is 0.0623 e. The fourth-order valence-corrected chi connectivity index (χ4v) is 4.21. The lowest BCUT2D eigenvalue weighted by Crippen LogP contribution is -2.39. The highest BCUT2D eigenvalue weighted by Crippen LogP contribution is 2.42. The van der Waals surface area contributed by atoms with Crippen molar-refractivity contribution >= 4 is 0 Å². The predicted molar refractivity (Wildman–Crippen MR) is 65.4 cm³/mol. The van der Waals surface area contributed by atoms with E-state index in [4.69, 9.17) is 4.74 Å². The molecule has 3 rings (SSSR count). The van der Waals surface area contributed by atoms with Crippen molar-refractivity contribution in [2.45, 2.75) is 69.6 Å². The van der Waals surface area contributed by atoms with Gasteiger partial charge < -0.3 is 10.1 Å². The first-order valence-electron chi connectivity index (χ1n) is 7.19. The average molecular weight is 223 g/mol. The van der Waals surface area contributed by atoms with Gasteiger partial charge in [-0.2, -0.15) is 0 Å². The van der Waals surface area contributed by atoms with E-state index in [1.165, 1.54) is 51.4 Å². The van der Waals surface area contributed by atoms with Crippen LogP contribution in [0.2, 0.25) is 0 Å². The summed E-state index contributed by atoms with van der Waals surface area (Å²) in [6.07, 6.45) is 12.4. The first kappa shape index (κ1) is 11.0. The molecular formula is C14H25NO. The topological polar surface area (TPSA) is 21.3 Å². The van der Waals surface area contributed by atoms with Crippen LogP contribution in [-0.4, -0.2) is 25.3 Å². The molecule has 0 aromatic heterocycles. The van der Waals surface area contributed by atoms with Crippen molar-refractivity contribution in [3.8, 4) is 0 Å². The number of hydrogen-bond donors (Lipinski definition) is 1. The van der Waals surface area contributed by atoms with Crippen LogP contribution in [0.15, 0.2) is 0 Å². The second kappa shape index (κ2) is 4.66. The Morgan fingerprint density at radius 2 is 2.00 bits per heavy atom. The average Bonchev–Trinajstić information content (AvgIpc) is 3.02. The summed E-state index contributed by atoms with van der Waals surface area (Å²) in [6, 6.07) is 0.721. The van der Waals surface area contributed by atoms with E-state index in [0.29, 0.717) is 12.2 Å². The maximum absolute atomic E-state index is 5.99. The molecule has 0 spiro atoms. The zero-order valence-corrected chi connectivity index (χ0v) is 10.5. The summed E-state index contributed by atoms with van der Waals surface area (Å²) in [5.74, 6) is 1.81. The van der Waals surface area contributed by atoms with Gasteiger partial charge in [0, 0.05) is 12.0 Å². The molecule has 2 heteroatoms. The van der Waals surface area contributed by atoms with Crippen LogP contribution in [0.5, 0.6) is 0 Å². The van der Waals surface area contributed by atoms with Gasteiger partial charge in [0.05, 0.1) is 12.2 Å². The van der Waals surface area contributed by atoms with E-state index in [2.05, 4.69) is 12.4 Å². The Morgan fingerprint density at radius 1 is 1.19 bits per heavy atom. The molecule has 1 N–H and O–H groups in total. The maximum atomic E-state index is 5.99. The van der Waals surface area contributed by atoms with Gasteiger partial charge in [-0.1, -0.05) is 25.7 Å². The van der Waals surface area contributed by atoms with Crippen LogP contribution in [0.4, 0.5) is 0 Å². The van der Waals surface area contributed by atoms with Gasteiger partial charge >= 0.3 is 0 Å². The summed E-state index contributed by atoms with van der Waals surface area (Å²) >= 11 is 0. The molecule has 0 aromatic rings. The highest BCUT2D eigenvalue weighted by atomic mass is 16.5. The molecule has 16 heavy (non-hydrogen) atoms. The molecular weight excluding hydrogens is 198 g/mol. The molecule has 3 fully saturated rings. The molecule has 0 radical (unpaired) electrons. The first-order chi connectivity index (χ1) is 7.86. The van der Waals surface area contributed by atoms with Crippen LogP contribution in [0.3, 0.4) is 0 Å². The van der Waals surface area contributed by atoms with Crippen LogP contribution in [0.1, 0.15) is 51.4 Å². The summed E-state index contributed by atoms with van der Waals surface area (Å²) in [5.41, 5.74) is 0. The normalized spacial score (nSPS) is 40.7. The first-order valence-corrected chi connectivity index (χ1v) is 7.19. The molecule has 4 unspecified atom stereocenters. The highest BCUT2D eigenvalue weighted by molar-refractivity contribution is 4.95. The van der Waals surface area contributed by atoms with Gasteiger partial charge in [-0.15, -0.1) is 0 Å². The zero-order chi connectivity index (χ0) is 11.0. The van der Waals surface area contributed by atoms with E-state index in [-0.39, 0.29) is 0 Å². The zero-order valence-electron chi connectivity index (χ0n) is 10.5. The summed E-state index contributed by atoms with van der Waals surface area (Å²) in [5, 5.41) is 3.58. The van der Waals surface area contributed by atoms with E-state index in [9.17, 15) is 0 Å². The highest BCUT2D eigenvalue weighted by Gasteiger charge is 2.44. The molecule has 2 heterocycles. The molecule has 4 atom stereocenters.